The van der Waals surface area contributed by atoms with Crippen LogP contribution in [0, 0.1) is 0 Å². The molecule has 0 spiro atoms. The summed E-state index contributed by atoms with van der Waals surface area (Å²) >= 11 is 3.68. The Kier molecular flexibility index (Phi) is 4.85. The van der Waals surface area contributed by atoms with Gasteiger partial charge in [-0.15, -0.1) is 0 Å². The molecule has 2 heteroatoms. The number of rotatable bonds is 4. The molecule has 3 rings (SSSR count). The van der Waals surface area contributed by atoms with Crippen LogP contribution in [0.2, 0.25) is 0 Å². The Labute approximate surface area is 135 Å². The van der Waals surface area contributed by atoms with Gasteiger partial charge in [0.25, 0.3) is 0 Å². The zero-order valence-electron chi connectivity index (χ0n) is 11.6. The number of benzene rings is 3. The van der Waals surface area contributed by atoms with Gasteiger partial charge in [0.2, 0.25) is 0 Å². The average Bonchev–Trinajstić information content (AvgIpc) is 2.56. The summed E-state index contributed by atoms with van der Waals surface area (Å²) in [5.41, 5.74) is 1.37. The second-order valence-corrected chi connectivity index (χ2v) is 7.91. The molecule has 0 aliphatic rings. The van der Waals surface area contributed by atoms with Crippen LogP contribution in [-0.2, 0) is 6.16 Å². The van der Waals surface area contributed by atoms with Gasteiger partial charge in [-0.3, -0.25) is 0 Å². The van der Waals surface area contributed by atoms with Crippen molar-refractivity contribution < 1.29 is 0 Å². The van der Waals surface area contributed by atoms with Crippen molar-refractivity contribution in [3.63, 3.8) is 0 Å². The van der Waals surface area contributed by atoms with Crippen molar-refractivity contribution in [2.45, 2.75) is 6.16 Å². The standard InChI is InChI=1S/C19H16BrP/c20-19-14-8-7-9-16(19)15-21(17-10-3-1-4-11-17)18-12-5-2-6-13-18/h1-14H,15H2. The van der Waals surface area contributed by atoms with E-state index in [1.54, 1.807) is 0 Å². The second kappa shape index (κ2) is 7.02. The van der Waals surface area contributed by atoms with Gasteiger partial charge in [-0.05, 0) is 30.2 Å². The highest BCUT2D eigenvalue weighted by molar-refractivity contribution is 9.10. The van der Waals surface area contributed by atoms with E-state index in [1.165, 1.54) is 20.6 Å². The molecule has 21 heavy (non-hydrogen) atoms. The fourth-order valence-corrected chi connectivity index (χ4v) is 5.33. The third-order valence-electron chi connectivity index (χ3n) is 3.42. The van der Waals surface area contributed by atoms with Crippen LogP contribution in [0.15, 0.2) is 89.4 Å². The lowest BCUT2D eigenvalue weighted by Crippen LogP contribution is -2.13. The van der Waals surface area contributed by atoms with Crippen molar-refractivity contribution in [3.05, 3.63) is 95.0 Å². The van der Waals surface area contributed by atoms with E-state index in [4.69, 9.17) is 0 Å². The van der Waals surface area contributed by atoms with E-state index in [0.717, 1.165) is 6.16 Å². The molecule has 3 aromatic rings. The third kappa shape index (κ3) is 3.61. The molecule has 0 amide bonds. The predicted octanol–water partition coefficient (Wildman–Crippen LogP) is 5.08. The first-order valence-electron chi connectivity index (χ1n) is 6.95. The molecule has 0 unspecified atom stereocenters. The first-order chi connectivity index (χ1) is 10.3. The van der Waals surface area contributed by atoms with Crippen LogP contribution in [0.3, 0.4) is 0 Å². The summed E-state index contributed by atoms with van der Waals surface area (Å²) in [6.45, 7) is 0. The largest absolute Gasteiger partial charge is 0.0622 e. The number of hydrogen-bond donors (Lipinski definition) is 0. The smallest absolute Gasteiger partial charge is 0.0211 e. The quantitative estimate of drug-likeness (QED) is 0.573. The van der Waals surface area contributed by atoms with E-state index in [0.29, 0.717) is 0 Å². The average molecular weight is 355 g/mol. The van der Waals surface area contributed by atoms with Crippen LogP contribution in [-0.4, -0.2) is 0 Å². The van der Waals surface area contributed by atoms with Crippen LogP contribution < -0.4 is 10.6 Å². The van der Waals surface area contributed by atoms with Gasteiger partial charge in [0.05, 0.1) is 0 Å². The summed E-state index contributed by atoms with van der Waals surface area (Å²) in [4.78, 5) is 0. The molecule has 3 aromatic carbocycles. The monoisotopic (exact) mass is 354 g/mol. The summed E-state index contributed by atoms with van der Waals surface area (Å²) in [6, 6.07) is 30.2. The van der Waals surface area contributed by atoms with Crippen molar-refractivity contribution in [2.24, 2.45) is 0 Å². The van der Waals surface area contributed by atoms with E-state index in [9.17, 15) is 0 Å². The molecule has 0 aromatic heterocycles. The second-order valence-electron chi connectivity index (χ2n) is 4.85. The molecule has 0 bridgehead atoms. The van der Waals surface area contributed by atoms with Gasteiger partial charge in [0, 0.05) is 10.6 Å². The Morgan fingerprint density at radius 2 is 1.10 bits per heavy atom. The molecule has 104 valence electrons. The van der Waals surface area contributed by atoms with Crippen molar-refractivity contribution in [1.82, 2.24) is 0 Å². The minimum atomic E-state index is -0.373. The van der Waals surface area contributed by atoms with Gasteiger partial charge < -0.3 is 0 Å². The highest BCUT2D eigenvalue weighted by atomic mass is 79.9. The maximum atomic E-state index is 3.68. The highest BCUT2D eigenvalue weighted by Gasteiger charge is 2.15. The molecular formula is C19H16BrP. The lowest BCUT2D eigenvalue weighted by Gasteiger charge is -2.19. The van der Waals surface area contributed by atoms with Crippen LogP contribution in [0.4, 0.5) is 0 Å². The number of hydrogen-bond acceptors (Lipinski definition) is 0. The Bertz CT molecular complexity index is 656. The SMILES string of the molecule is Brc1ccccc1CP(c1ccccc1)c1ccccc1. The highest BCUT2D eigenvalue weighted by Crippen LogP contribution is 2.39. The zero-order valence-corrected chi connectivity index (χ0v) is 14.1. The van der Waals surface area contributed by atoms with Crippen LogP contribution in [0.25, 0.3) is 0 Å². The maximum absolute atomic E-state index is 3.68. The van der Waals surface area contributed by atoms with Gasteiger partial charge in [-0.25, -0.2) is 0 Å². The number of halogens is 1. The first-order valence-corrected chi connectivity index (χ1v) is 9.27. The Hall–Kier alpha value is -1.43. The van der Waals surface area contributed by atoms with Gasteiger partial charge in [-0.1, -0.05) is 94.8 Å². The molecule has 0 atom stereocenters. The third-order valence-corrected chi connectivity index (χ3v) is 6.70. The van der Waals surface area contributed by atoms with Crippen LogP contribution >= 0.6 is 23.9 Å². The Morgan fingerprint density at radius 3 is 1.62 bits per heavy atom. The van der Waals surface area contributed by atoms with Gasteiger partial charge in [-0.2, -0.15) is 0 Å². The first kappa shape index (κ1) is 14.5. The molecule has 0 saturated heterocycles. The van der Waals surface area contributed by atoms with Crippen molar-refractivity contribution >= 4 is 34.5 Å². The fraction of sp³-hybridized carbons (Fsp3) is 0.0526. The Morgan fingerprint density at radius 1 is 0.619 bits per heavy atom. The molecule has 0 heterocycles. The molecule has 0 aliphatic heterocycles. The molecule has 0 saturated carbocycles. The molecule has 0 fully saturated rings. The summed E-state index contributed by atoms with van der Waals surface area (Å²) in [5, 5.41) is 2.85. The van der Waals surface area contributed by atoms with E-state index in [-0.39, 0.29) is 7.92 Å². The maximum Gasteiger partial charge on any atom is 0.0211 e. The summed E-state index contributed by atoms with van der Waals surface area (Å²) in [7, 11) is -0.373. The van der Waals surface area contributed by atoms with E-state index >= 15 is 0 Å². The minimum Gasteiger partial charge on any atom is -0.0622 e. The lowest BCUT2D eigenvalue weighted by molar-refractivity contribution is 1.37. The van der Waals surface area contributed by atoms with Crippen molar-refractivity contribution in [3.8, 4) is 0 Å². The molecule has 0 nitrogen and oxygen atoms in total. The van der Waals surface area contributed by atoms with Crippen LogP contribution in [0.1, 0.15) is 5.56 Å². The van der Waals surface area contributed by atoms with Gasteiger partial charge in [0.1, 0.15) is 0 Å². The molecule has 0 aliphatic carbocycles. The summed E-state index contributed by atoms with van der Waals surface area (Å²) in [6.07, 6.45) is 1.06. The van der Waals surface area contributed by atoms with Gasteiger partial charge in [0.15, 0.2) is 0 Å². The zero-order chi connectivity index (χ0) is 14.5. The van der Waals surface area contributed by atoms with Crippen molar-refractivity contribution in [1.29, 1.82) is 0 Å². The summed E-state index contributed by atoms with van der Waals surface area (Å²) in [5.74, 6) is 0. The fourth-order valence-electron chi connectivity index (χ4n) is 2.34. The minimum absolute atomic E-state index is 0.373. The molecular weight excluding hydrogens is 339 g/mol. The van der Waals surface area contributed by atoms with E-state index in [2.05, 4.69) is 101 Å². The molecule has 0 N–H and O–H groups in total. The predicted molar refractivity (Wildman–Crippen MR) is 96.9 cm³/mol. The summed E-state index contributed by atoms with van der Waals surface area (Å²) < 4.78 is 1.20. The van der Waals surface area contributed by atoms with E-state index in [1.807, 2.05) is 0 Å². The lowest BCUT2D eigenvalue weighted by atomic mass is 10.2. The molecule has 0 radical (unpaired) electrons. The van der Waals surface area contributed by atoms with Crippen LogP contribution in [0.5, 0.6) is 0 Å². The van der Waals surface area contributed by atoms with Crippen molar-refractivity contribution in [2.75, 3.05) is 0 Å². The topological polar surface area (TPSA) is 0 Å². The van der Waals surface area contributed by atoms with Gasteiger partial charge >= 0.3 is 0 Å². The van der Waals surface area contributed by atoms with E-state index < -0.39 is 0 Å². The Balaban J connectivity index is 1.99. The normalized spacial score (nSPS) is 10.8.